The summed E-state index contributed by atoms with van der Waals surface area (Å²) >= 11 is 0. The minimum atomic E-state index is -3.79. The van der Waals surface area contributed by atoms with Crippen LogP contribution >= 0.6 is 0 Å². The summed E-state index contributed by atoms with van der Waals surface area (Å²) in [5.74, 6) is 1.22. The highest BCUT2D eigenvalue weighted by molar-refractivity contribution is 7.89. The van der Waals surface area contributed by atoms with Crippen LogP contribution in [0.25, 0.3) is 10.8 Å². The Hall–Kier alpha value is -3.06. The van der Waals surface area contributed by atoms with E-state index in [9.17, 15) is 8.42 Å². The summed E-state index contributed by atoms with van der Waals surface area (Å²) in [6, 6.07) is 17.7. The lowest BCUT2D eigenvalue weighted by atomic mass is 10.0. The van der Waals surface area contributed by atoms with Crippen LogP contribution in [0.5, 0.6) is 11.5 Å². The molecule has 0 aromatic heterocycles. The zero-order chi connectivity index (χ0) is 20.1. The normalized spacial score (nSPS) is 11.9. The zero-order valence-corrected chi connectivity index (χ0v) is 16.7. The average Bonchev–Trinajstić information content (AvgIpc) is 2.68. The topological polar surface area (TPSA) is 77.0 Å². The number of methoxy groups -OCH3 is 1. The van der Waals surface area contributed by atoms with Crippen LogP contribution in [0.3, 0.4) is 0 Å². The molecule has 7 heteroatoms. The molecule has 0 atom stereocenters. The summed E-state index contributed by atoms with van der Waals surface area (Å²) in [5.41, 5.74) is 0.698. The minimum Gasteiger partial charge on any atom is -0.496 e. The van der Waals surface area contributed by atoms with Gasteiger partial charge in [0.2, 0.25) is 0 Å². The summed E-state index contributed by atoms with van der Waals surface area (Å²) in [7, 11) is -2.23. The number of nitrogens with zero attached hydrogens (tertiary/aromatic N) is 1. The van der Waals surface area contributed by atoms with Crippen molar-refractivity contribution < 1.29 is 17.9 Å². The predicted octanol–water partition coefficient (Wildman–Crippen LogP) is 3.95. The van der Waals surface area contributed by atoms with Gasteiger partial charge in [0.1, 0.15) is 11.5 Å². The Morgan fingerprint density at radius 1 is 1.00 bits per heavy atom. The van der Waals surface area contributed by atoms with E-state index in [2.05, 4.69) is 9.93 Å². The second-order valence-corrected chi connectivity index (χ2v) is 8.05. The number of hydrazone groups is 1. The average molecular weight is 398 g/mol. The van der Waals surface area contributed by atoms with Gasteiger partial charge in [0.05, 0.1) is 24.3 Å². The molecular weight excluding hydrogens is 376 g/mol. The first-order chi connectivity index (χ1) is 13.4. The lowest BCUT2D eigenvalue weighted by Gasteiger charge is -2.10. The molecule has 0 heterocycles. The number of fused-ring (bicyclic) bond motifs is 1. The Balaban J connectivity index is 1.83. The first-order valence-corrected chi connectivity index (χ1v) is 10.3. The molecule has 6 nitrogen and oxygen atoms in total. The third-order valence-corrected chi connectivity index (χ3v) is 5.26. The van der Waals surface area contributed by atoms with E-state index in [0.717, 1.165) is 10.8 Å². The van der Waals surface area contributed by atoms with E-state index in [0.29, 0.717) is 17.1 Å². The molecule has 28 heavy (non-hydrogen) atoms. The van der Waals surface area contributed by atoms with E-state index in [4.69, 9.17) is 9.47 Å². The molecule has 146 valence electrons. The van der Waals surface area contributed by atoms with Crippen molar-refractivity contribution in [3.8, 4) is 11.5 Å². The fourth-order valence-corrected chi connectivity index (χ4v) is 3.56. The molecule has 1 N–H and O–H groups in total. The van der Waals surface area contributed by atoms with E-state index in [1.165, 1.54) is 18.3 Å². The van der Waals surface area contributed by atoms with Crippen LogP contribution in [0.4, 0.5) is 0 Å². The van der Waals surface area contributed by atoms with Crippen molar-refractivity contribution in [1.82, 2.24) is 4.83 Å². The quantitative estimate of drug-likeness (QED) is 0.483. The number of hydrogen-bond acceptors (Lipinski definition) is 5. The summed E-state index contributed by atoms with van der Waals surface area (Å²) in [4.78, 5) is 2.35. The molecule has 0 spiro atoms. The van der Waals surface area contributed by atoms with Crippen LogP contribution in [0.2, 0.25) is 0 Å². The smallest absolute Gasteiger partial charge is 0.276 e. The van der Waals surface area contributed by atoms with Gasteiger partial charge in [0, 0.05) is 5.56 Å². The van der Waals surface area contributed by atoms with E-state index in [1.54, 1.807) is 19.2 Å². The van der Waals surface area contributed by atoms with Gasteiger partial charge in [-0.1, -0.05) is 30.3 Å². The van der Waals surface area contributed by atoms with Crippen LogP contribution < -0.4 is 14.3 Å². The first kappa shape index (κ1) is 19.7. The summed E-state index contributed by atoms with van der Waals surface area (Å²) in [6.07, 6.45) is 1.47. The molecule has 0 saturated carbocycles. The maximum absolute atomic E-state index is 12.5. The number of ether oxygens (including phenoxy) is 2. The fourth-order valence-electron chi connectivity index (χ4n) is 2.77. The molecule has 0 aliphatic rings. The first-order valence-electron chi connectivity index (χ1n) is 8.78. The molecule has 0 bridgehead atoms. The van der Waals surface area contributed by atoms with Gasteiger partial charge in [-0.15, -0.1) is 0 Å². The molecule has 0 amide bonds. The summed E-state index contributed by atoms with van der Waals surface area (Å²) < 4.78 is 35.9. The number of rotatable bonds is 7. The third kappa shape index (κ3) is 4.43. The molecule has 0 aliphatic heterocycles. The van der Waals surface area contributed by atoms with Crippen molar-refractivity contribution in [1.29, 1.82) is 0 Å². The van der Waals surface area contributed by atoms with Gasteiger partial charge in [-0.05, 0) is 55.0 Å². The van der Waals surface area contributed by atoms with E-state index in [1.807, 2.05) is 50.2 Å². The molecule has 0 aliphatic carbocycles. The molecule has 0 radical (unpaired) electrons. The van der Waals surface area contributed by atoms with E-state index < -0.39 is 10.0 Å². The van der Waals surface area contributed by atoms with Gasteiger partial charge in [0.15, 0.2) is 0 Å². The van der Waals surface area contributed by atoms with Crippen LogP contribution in [0.1, 0.15) is 19.4 Å². The Morgan fingerprint density at radius 2 is 1.71 bits per heavy atom. The van der Waals surface area contributed by atoms with Gasteiger partial charge in [-0.2, -0.15) is 13.5 Å². The second-order valence-electron chi connectivity index (χ2n) is 6.39. The predicted molar refractivity (Wildman–Crippen MR) is 111 cm³/mol. The number of sulfonamides is 1. The summed E-state index contributed by atoms with van der Waals surface area (Å²) in [6.45, 7) is 3.81. The molecule has 0 saturated heterocycles. The van der Waals surface area contributed by atoms with Crippen molar-refractivity contribution in [3.05, 3.63) is 66.2 Å². The molecular formula is C21H22N2O4S. The Morgan fingerprint density at radius 3 is 2.39 bits per heavy atom. The van der Waals surface area contributed by atoms with E-state index in [-0.39, 0.29) is 11.0 Å². The van der Waals surface area contributed by atoms with Crippen molar-refractivity contribution >= 4 is 27.0 Å². The van der Waals surface area contributed by atoms with Crippen LogP contribution in [-0.2, 0) is 10.0 Å². The van der Waals surface area contributed by atoms with Crippen LogP contribution in [-0.4, -0.2) is 27.8 Å². The highest BCUT2D eigenvalue weighted by Crippen LogP contribution is 2.26. The maximum Gasteiger partial charge on any atom is 0.276 e. The van der Waals surface area contributed by atoms with Gasteiger partial charge in [-0.3, -0.25) is 0 Å². The second kappa shape index (κ2) is 8.31. The molecule has 0 unspecified atom stereocenters. The number of nitrogens with one attached hydrogen (secondary N) is 1. The highest BCUT2D eigenvalue weighted by Gasteiger charge is 2.13. The zero-order valence-electron chi connectivity index (χ0n) is 15.9. The van der Waals surface area contributed by atoms with Crippen molar-refractivity contribution in [2.75, 3.05) is 7.11 Å². The van der Waals surface area contributed by atoms with Crippen LogP contribution in [0.15, 0.2) is 70.7 Å². The Labute approximate surface area is 164 Å². The number of hydrogen-bond donors (Lipinski definition) is 1. The van der Waals surface area contributed by atoms with E-state index >= 15 is 0 Å². The van der Waals surface area contributed by atoms with Gasteiger partial charge >= 0.3 is 0 Å². The van der Waals surface area contributed by atoms with Gasteiger partial charge in [0.25, 0.3) is 10.0 Å². The lowest BCUT2D eigenvalue weighted by molar-refractivity contribution is 0.242. The SMILES string of the molecule is COc1ccc2ccccc2c1/C=N/NS(=O)(=O)c1ccc(OC(C)C)cc1. The number of benzene rings is 3. The third-order valence-electron chi connectivity index (χ3n) is 4.02. The summed E-state index contributed by atoms with van der Waals surface area (Å²) in [5, 5.41) is 5.87. The minimum absolute atomic E-state index is 0.0147. The maximum atomic E-state index is 12.5. The molecule has 3 aromatic carbocycles. The molecule has 3 aromatic rings. The Kier molecular flexibility index (Phi) is 5.84. The standard InChI is InChI=1S/C21H22N2O4S/c1-15(2)27-17-9-11-18(12-10-17)28(24,25)23-22-14-20-19-7-5-4-6-16(19)8-13-21(20)26-3/h4-15,23H,1-3H3/b22-14+. The van der Waals surface area contributed by atoms with Crippen molar-refractivity contribution in [2.45, 2.75) is 24.8 Å². The van der Waals surface area contributed by atoms with Gasteiger partial charge < -0.3 is 9.47 Å². The largest absolute Gasteiger partial charge is 0.496 e. The highest BCUT2D eigenvalue weighted by atomic mass is 32.2. The monoisotopic (exact) mass is 398 g/mol. The Bertz CT molecular complexity index is 1090. The molecule has 0 fully saturated rings. The lowest BCUT2D eigenvalue weighted by Crippen LogP contribution is -2.18. The van der Waals surface area contributed by atoms with Gasteiger partial charge in [-0.25, -0.2) is 4.83 Å². The molecule has 3 rings (SSSR count). The van der Waals surface area contributed by atoms with Crippen molar-refractivity contribution in [3.63, 3.8) is 0 Å². The van der Waals surface area contributed by atoms with Crippen molar-refractivity contribution in [2.24, 2.45) is 5.10 Å². The van der Waals surface area contributed by atoms with Crippen LogP contribution in [0, 0.1) is 0 Å². The fraction of sp³-hybridized carbons (Fsp3) is 0.190.